The van der Waals surface area contributed by atoms with E-state index in [2.05, 4.69) is 19.2 Å². The van der Waals surface area contributed by atoms with Crippen LogP contribution in [0.4, 0.5) is 0 Å². The molecule has 0 radical (unpaired) electrons. The van der Waals surface area contributed by atoms with E-state index in [9.17, 15) is 0 Å². The van der Waals surface area contributed by atoms with E-state index in [-0.39, 0.29) is 18.7 Å². The fraction of sp³-hybridized carbons (Fsp3) is 0.500. The van der Waals surface area contributed by atoms with Crippen LogP contribution in [0.3, 0.4) is 0 Å². The second kappa shape index (κ2) is 6.11. The van der Waals surface area contributed by atoms with Gasteiger partial charge in [0.15, 0.2) is 0 Å². The minimum absolute atomic E-state index is 0.163. The van der Waals surface area contributed by atoms with Crippen molar-refractivity contribution in [2.75, 3.05) is 6.61 Å². The first-order valence-corrected chi connectivity index (χ1v) is 5.67. The quantitative estimate of drug-likeness (QED) is 0.811. The standard InChI is InChI=1S/C12H18ClNO/c1-3-12(8-15)14-9(2)10-4-6-11(13)7-5-10/h4-7,9,12,14-15H,3,8H2,1-2H3/t9?,12-/m1/s1. The summed E-state index contributed by atoms with van der Waals surface area (Å²) >= 11 is 5.82. The highest BCUT2D eigenvalue weighted by atomic mass is 35.5. The van der Waals surface area contributed by atoms with E-state index in [0.29, 0.717) is 0 Å². The molecule has 0 spiro atoms. The molecule has 1 rings (SSSR count). The molecule has 0 saturated heterocycles. The van der Waals surface area contributed by atoms with E-state index < -0.39 is 0 Å². The number of aliphatic hydroxyl groups is 1. The summed E-state index contributed by atoms with van der Waals surface area (Å²) in [5.41, 5.74) is 1.19. The summed E-state index contributed by atoms with van der Waals surface area (Å²) in [6.45, 7) is 4.32. The van der Waals surface area contributed by atoms with Gasteiger partial charge in [-0.2, -0.15) is 0 Å². The number of halogens is 1. The van der Waals surface area contributed by atoms with E-state index in [1.165, 1.54) is 5.56 Å². The Kier molecular flexibility index (Phi) is 5.09. The zero-order chi connectivity index (χ0) is 11.3. The topological polar surface area (TPSA) is 32.3 Å². The first kappa shape index (κ1) is 12.5. The number of benzene rings is 1. The first-order chi connectivity index (χ1) is 7.17. The van der Waals surface area contributed by atoms with Crippen molar-refractivity contribution in [3.8, 4) is 0 Å². The number of hydrogen-bond acceptors (Lipinski definition) is 2. The summed E-state index contributed by atoms with van der Waals surface area (Å²) in [6, 6.07) is 8.17. The van der Waals surface area contributed by atoms with E-state index >= 15 is 0 Å². The van der Waals surface area contributed by atoms with Gasteiger partial charge in [0, 0.05) is 17.1 Å². The van der Waals surface area contributed by atoms with Gasteiger partial charge in [0.2, 0.25) is 0 Å². The lowest BCUT2D eigenvalue weighted by Crippen LogP contribution is -2.33. The highest BCUT2D eigenvalue weighted by Crippen LogP contribution is 2.16. The first-order valence-electron chi connectivity index (χ1n) is 5.29. The molecule has 0 aliphatic rings. The van der Waals surface area contributed by atoms with Crippen LogP contribution in [-0.4, -0.2) is 17.8 Å². The molecule has 0 bridgehead atoms. The van der Waals surface area contributed by atoms with Crippen molar-refractivity contribution >= 4 is 11.6 Å². The Bertz CT molecular complexity index is 282. The van der Waals surface area contributed by atoms with Crippen LogP contribution < -0.4 is 5.32 Å². The van der Waals surface area contributed by atoms with Crippen LogP contribution in [0.1, 0.15) is 31.9 Å². The third kappa shape index (κ3) is 3.82. The van der Waals surface area contributed by atoms with Crippen LogP contribution in [0.15, 0.2) is 24.3 Å². The van der Waals surface area contributed by atoms with Gasteiger partial charge in [0.05, 0.1) is 6.61 Å². The molecular formula is C12H18ClNO. The third-order valence-electron chi connectivity index (χ3n) is 2.57. The third-order valence-corrected chi connectivity index (χ3v) is 2.82. The van der Waals surface area contributed by atoms with Crippen molar-refractivity contribution in [2.24, 2.45) is 0 Å². The molecule has 0 heterocycles. The van der Waals surface area contributed by atoms with Crippen LogP contribution >= 0.6 is 11.6 Å². The van der Waals surface area contributed by atoms with Crippen molar-refractivity contribution in [1.29, 1.82) is 0 Å². The minimum atomic E-state index is 0.163. The highest BCUT2D eigenvalue weighted by molar-refractivity contribution is 6.30. The molecular weight excluding hydrogens is 210 g/mol. The lowest BCUT2D eigenvalue weighted by Gasteiger charge is -2.20. The van der Waals surface area contributed by atoms with Crippen molar-refractivity contribution < 1.29 is 5.11 Å². The summed E-state index contributed by atoms with van der Waals surface area (Å²) < 4.78 is 0. The molecule has 0 aromatic heterocycles. The molecule has 2 N–H and O–H groups in total. The van der Waals surface area contributed by atoms with Gasteiger partial charge in [0.1, 0.15) is 0 Å². The average Bonchev–Trinajstić information content (AvgIpc) is 2.26. The molecule has 15 heavy (non-hydrogen) atoms. The molecule has 0 fully saturated rings. The maximum absolute atomic E-state index is 9.08. The van der Waals surface area contributed by atoms with E-state index in [4.69, 9.17) is 16.7 Å². The zero-order valence-electron chi connectivity index (χ0n) is 9.20. The predicted molar refractivity (Wildman–Crippen MR) is 64.2 cm³/mol. The molecule has 0 amide bonds. The Morgan fingerprint density at radius 1 is 1.33 bits per heavy atom. The van der Waals surface area contributed by atoms with Gasteiger partial charge in [-0.15, -0.1) is 0 Å². The Morgan fingerprint density at radius 3 is 2.40 bits per heavy atom. The van der Waals surface area contributed by atoms with Crippen LogP contribution in [-0.2, 0) is 0 Å². The lowest BCUT2D eigenvalue weighted by molar-refractivity contribution is 0.230. The number of nitrogens with one attached hydrogen (secondary N) is 1. The largest absolute Gasteiger partial charge is 0.395 e. The fourth-order valence-electron chi connectivity index (χ4n) is 1.50. The predicted octanol–water partition coefficient (Wildman–Crippen LogP) is 2.76. The van der Waals surface area contributed by atoms with Crippen molar-refractivity contribution in [3.05, 3.63) is 34.9 Å². The maximum atomic E-state index is 9.08. The second-order valence-corrected chi connectivity index (χ2v) is 4.16. The smallest absolute Gasteiger partial charge is 0.0584 e. The summed E-state index contributed by atoms with van der Waals surface area (Å²) in [5.74, 6) is 0. The molecule has 1 aromatic rings. The van der Waals surface area contributed by atoms with Crippen LogP contribution in [0, 0.1) is 0 Å². The number of rotatable bonds is 5. The van der Waals surface area contributed by atoms with Gasteiger partial charge in [-0.1, -0.05) is 30.7 Å². The molecule has 1 aromatic carbocycles. The van der Waals surface area contributed by atoms with E-state index in [0.717, 1.165) is 11.4 Å². The van der Waals surface area contributed by atoms with Crippen molar-refractivity contribution in [1.82, 2.24) is 5.32 Å². The Labute approximate surface area is 96.3 Å². The van der Waals surface area contributed by atoms with Crippen LogP contribution in [0.5, 0.6) is 0 Å². The SMILES string of the molecule is CC[C@H](CO)NC(C)c1ccc(Cl)cc1. The molecule has 0 aliphatic carbocycles. The molecule has 0 saturated carbocycles. The minimum Gasteiger partial charge on any atom is -0.395 e. The monoisotopic (exact) mass is 227 g/mol. The van der Waals surface area contributed by atoms with Gasteiger partial charge in [0.25, 0.3) is 0 Å². The van der Waals surface area contributed by atoms with Gasteiger partial charge in [-0.05, 0) is 31.0 Å². The van der Waals surface area contributed by atoms with E-state index in [1.807, 2.05) is 24.3 Å². The maximum Gasteiger partial charge on any atom is 0.0584 e. The molecule has 0 aliphatic heterocycles. The summed E-state index contributed by atoms with van der Waals surface area (Å²) in [4.78, 5) is 0. The van der Waals surface area contributed by atoms with Gasteiger partial charge in [-0.3, -0.25) is 0 Å². The summed E-state index contributed by atoms with van der Waals surface area (Å²) in [5, 5.41) is 13.2. The molecule has 2 nitrogen and oxygen atoms in total. The Hall–Kier alpha value is -0.570. The average molecular weight is 228 g/mol. The lowest BCUT2D eigenvalue weighted by atomic mass is 10.1. The van der Waals surface area contributed by atoms with Crippen LogP contribution in [0.2, 0.25) is 5.02 Å². The fourth-order valence-corrected chi connectivity index (χ4v) is 1.63. The van der Waals surface area contributed by atoms with Crippen molar-refractivity contribution in [2.45, 2.75) is 32.4 Å². The van der Waals surface area contributed by atoms with Crippen LogP contribution in [0.25, 0.3) is 0 Å². The normalized spacial score (nSPS) is 14.9. The number of aliphatic hydroxyl groups excluding tert-OH is 1. The molecule has 84 valence electrons. The molecule has 1 unspecified atom stereocenters. The highest BCUT2D eigenvalue weighted by Gasteiger charge is 2.10. The number of hydrogen-bond donors (Lipinski definition) is 2. The Morgan fingerprint density at radius 2 is 1.93 bits per heavy atom. The summed E-state index contributed by atoms with van der Waals surface area (Å²) in [6.07, 6.45) is 0.925. The van der Waals surface area contributed by atoms with Gasteiger partial charge < -0.3 is 10.4 Å². The van der Waals surface area contributed by atoms with Gasteiger partial charge >= 0.3 is 0 Å². The Balaban J connectivity index is 2.60. The zero-order valence-corrected chi connectivity index (χ0v) is 9.96. The molecule has 3 heteroatoms. The second-order valence-electron chi connectivity index (χ2n) is 3.73. The summed E-state index contributed by atoms with van der Waals surface area (Å²) in [7, 11) is 0. The van der Waals surface area contributed by atoms with Crippen molar-refractivity contribution in [3.63, 3.8) is 0 Å². The molecule has 2 atom stereocenters. The van der Waals surface area contributed by atoms with Gasteiger partial charge in [-0.25, -0.2) is 0 Å². The van der Waals surface area contributed by atoms with E-state index in [1.54, 1.807) is 0 Å².